The van der Waals surface area contributed by atoms with Crippen molar-refractivity contribution in [1.29, 1.82) is 0 Å². The highest BCUT2D eigenvalue weighted by Crippen LogP contribution is 2.15. The number of hydrogen-bond donors (Lipinski definition) is 3. The van der Waals surface area contributed by atoms with Gasteiger partial charge in [0.05, 0.1) is 12.3 Å². The largest absolute Gasteiger partial charge is 0.357 e. The number of nitrogens with one attached hydrogen (secondary N) is 3. The molecule has 0 aliphatic heterocycles. The summed E-state index contributed by atoms with van der Waals surface area (Å²) < 4.78 is 36.7. The third-order valence-electron chi connectivity index (χ3n) is 3.43. The Morgan fingerprint density at radius 1 is 1.21 bits per heavy atom. The fourth-order valence-electron chi connectivity index (χ4n) is 2.36. The van der Waals surface area contributed by atoms with Crippen LogP contribution in [0, 0.1) is 5.82 Å². The molecule has 0 aliphatic rings. The summed E-state index contributed by atoms with van der Waals surface area (Å²) in [5.74, 6) is -0.198. The normalized spacial score (nSPS) is 11.7. The van der Waals surface area contributed by atoms with E-state index in [2.05, 4.69) is 20.9 Å². The van der Waals surface area contributed by atoms with E-state index in [1.807, 2.05) is 20.8 Å². The molecule has 0 spiro atoms. The minimum atomic E-state index is -3.24. The third kappa shape index (κ3) is 11.4. The average Bonchev–Trinajstić information content (AvgIpc) is 2.53. The number of aliphatic imine (C=N–C) groups is 1. The van der Waals surface area contributed by atoms with Gasteiger partial charge in [-0.15, -0.1) is 24.0 Å². The third-order valence-corrected chi connectivity index (χ3v) is 4.27. The van der Waals surface area contributed by atoms with Crippen molar-refractivity contribution in [2.75, 3.05) is 19.3 Å². The minimum absolute atomic E-state index is 0. The summed E-state index contributed by atoms with van der Waals surface area (Å²) in [6, 6.07) is 4.09. The van der Waals surface area contributed by atoms with Crippen molar-refractivity contribution < 1.29 is 17.6 Å². The lowest BCUT2D eigenvalue weighted by molar-refractivity contribution is -0.121. The van der Waals surface area contributed by atoms with Gasteiger partial charge in [0.25, 0.3) is 0 Å². The Kier molecular flexibility index (Phi) is 12.3. The van der Waals surface area contributed by atoms with E-state index in [1.54, 1.807) is 0 Å². The summed E-state index contributed by atoms with van der Waals surface area (Å²) in [5, 5.41) is 8.89. The van der Waals surface area contributed by atoms with Crippen LogP contribution in [0.15, 0.2) is 23.2 Å². The van der Waals surface area contributed by atoms with Crippen LogP contribution in [0.25, 0.3) is 0 Å². The number of rotatable bonds is 9. The first kappa shape index (κ1) is 26.6. The lowest BCUT2D eigenvalue weighted by Gasteiger charge is -2.13. The number of sulfone groups is 1. The standard InChI is InChI=1S/C18H29FN4O3S.HI/c1-5-20-18(21-9-8-17(24)23-13(2)3)22-11-15-10-16(19)7-6-14(15)12-27(4,25)26;/h6-7,10,13H,5,8-9,11-12H2,1-4H3,(H,23,24)(H2,20,21,22);1H. The van der Waals surface area contributed by atoms with Crippen LogP contribution in [0.4, 0.5) is 4.39 Å². The fourth-order valence-corrected chi connectivity index (χ4v) is 3.21. The van der Waals surface area contributed by atoms with Gasteiger partial charge in [-0.2, -0.15) is 0 Å². The molecule has 0 bridgehead atoms. The van der Waals surface area contributed by atoms with Crippen LogP contribution in [0.5, 0.6) is 0 Å². The van der Waals surface area contributed by atoms with Gasteiger partial charge < -0.3 is 16.0 Å². The number of carbonyl (C=O) groups excluding carboxylic acids is 1. The van der Waals surface area contributed by atoms with Crippen LogP contribution in [0.3, 0.4) is 0 Å². The molecule has 0 saturated carbocycles. The van der Waals surface area contributed by atoms with Gasteiger partial charge in [0.15, 0.2) is 15.8 Å². The molecule has 1 aromatic rings. The zero-order valence-electron chi connectivity index (χ0n) is 16.7. The Labute approximate surface area is 183 Å². The van der Waals surface area contributed by atoms with E-state index in [0.29, 0.717) is 36.6 Å². The minimum Gasteiger partial charge on any atom is -0.357 e. The molecule has 1 aromatic carbocycles. The highest BCUT2D eigenvalue weighted by Gasteiger charge is 2.11. The number of nitrogens with zero attached hydrogens (tertiary/aromatic N) is 1. The van der Waals surface area contributed by atoms with Crippen LogP contribution >= 0.6 is 24.0 Å². The Bertz CT molecular complexity index is 770. The number of carbonyl (C=O) groups is 1. The molecule has 10 heteroatoms. The van der Waals surface area contributed by atoms with Gasteiger partial charge in [-0.25, -0.2) is 17.8 Å². The van der Waals surface area contributed by atoms with Crippen LogP contribution in [-0.2, 0) is 26.9 Å². The second kappa shape index (κ2) is 12.9. The van der Waals surface area contributed by atoms with E-state index in [0.717, 1.165) is 6.26 Å². The van der Waals surface area contributed by atoms with E-state index in [1.165, 1.54) is 18.2 Å². The summed E-state index contributed by atoms with van der Waals surface area (Å²) in [6.07, 6.45) is 1.43. The number of halogens is 2. The van der Waals surface area contributed by atoms with Gasteiger partial charge in [-0.1, -0.05) is 6.07 Å². The Morgan fingerprint density at radius 2 is 1.89 bits per heavy atom. The molecule has 7 nitrogen and oxygen atoms in total. The van der Waals surface area contributed by atoms with Gasteiger partial charge in [-0.3, -0.25) is 4.79 Å². The molecule has 0 unspecified atom stereocenters. The summed E-state index contributed by atoms with van der Waals surface area (Å²) in [7, 11) is -3.24. The van der Waals surface area contributed by atoms with Gasteiger partial charge in [0, 0.05) is 31.8 Å². The van der Waals surface area contributed by atoms with Crippen LogP contribution in [-0.4, -0.2) is 45.7 Å². The van der Waals surface area contributed by atoms with Crippen molar-refractivity contribution in [3.63, 3.8) is 0 Å². The van der Waals surface area contributed by atoms with Gasteiger partial charge in [-0.05, 0) is 44.0 Å². The highest BCUT2D eigenvalue weighted by atomic mass is 127. The first-order chi connectivity index (χ1) is 12.6. The number of hydrogen-bond acceptors (Lipinski definition) is 4. The van der Waals surface area contributed by atoms with Gasteiger partial charge >= 0.3 is 0 Å². The smallest absolute Gasteiger partial charge is 0.221 e. The van der Waals surface area contributed by atoms with E-state index in [9.17, 15) is 17.6 Å². The maximum absolute atomic E-state index is 13.6. The molecule has 160 valence electrons. The molecular formula is C18H30FIN4O3S. The van der Waals surface area contributed by atoms with E-state index in [4.69, 9.17) is 0 Å². The zero-order chi connectivity index (χ0) is 20.4. The summed E-state index contributed by atoms with van der Waals surface area (Å²) in [4.78, 5) is 16.1. The average molecular weight is 528 g/mol. The molecule has 0 heterocycles. The molecule has 1 rings (SSSR count). The van der Waals surface area contributed by atoms with Crippen LogP contribution in [0.2, 0.25) is 0 Å². The summed E-state index contributed by atoms with van der Waals surface area (Å²) in [6.45, 7) is 6.82. The molecule has 28 heavy (non-hydrogen) atoms. The molecule has 0 aliphatic carbocycles. The molecule has 0 fully saturated rings. The topological polar surface area (TPSA) is 99.7 Å². The second-order valence-corrected chi connectivity index (χ2v) is 8.72. The molecule has 0 radical (unpaired) electrons. The molecule has 3 N–H and O–H groups in total. The molecular weight excluding hydrogens is 498 g/mol. The summed E-state index contributed by atoms with van der Waals surface area (Å²) >= 11 is 0. The maximum atomic E-state index is 13.6. The maximum Gasteiger partial charge on any atom is 0.221 e. The van der Waals surface area contributed by atoms with E-state index in [-0.39, 0.29) is 48.2 Å². The van der Waals surface area contributed by atoms with Crippen molar-refractivity contribution in [3.8, 4) is 0 Å². The Balaban J connectivity index is 0.00000729. The highest BCUT2D eigenvalue weighted by molar-refractivity contribution is 14.0. The van der Waals surface area contributed by atoms with Gasteiger partial charge in [0.2, 0.25) is 5.91 Å². The van der Waals surface area contributed by atoms with Crippen molar-refractivity contribution in [3.05, 3.63) is 35.1 Å². The van der Waals surface area contributed by atoms with Crippen molar-refractivity contribution in [2.24, 2.45) is 4.99 Å². The quantitative estimate of drug-likeness (QED) is 0.259. The monoisotopic (exact) mass is 528 g/mol. The summed E-state index contributed by atoms with van der Waals surface area (Å²) in [5.41, 5.74) is 1.03. The fraction of sp³-hybridized carbons (Fsp3) is 0.556. The predicted molar refractivity (Wildman–Crippen MR) is 121 cm³/mol. The van der Waals surface area contributed by atoms with Crippen LogP contribution < -0.4 is 16.0 Å². The first-order valence-corrected chi connectivity index (χ1v) is 10.9. The molecule has 0 atom stereocenters. The predicted octanol–water partition coefficient (Wildman–Crippen LogP) is 1.96. The van der Waals surface area contributed by atoms with Crippen molar-refractivity contribution in [1.82, 2.24) is 16.0 Å². The molecule has 0 saturated heterocycles. The van der Waals surface area contributed by atoms with Crippen molar-refractivity contribution in [2.45, 2.75) is 45.5 Å². The Hall–Kier alpha value is -1.43. The SMILES string of the molecule is CCNC(=NCc1cc(F)ccc1CS(C)(=O)=O)NCCC(=O)NC(C)C.I. The van der Waals surface area contributed by atoms with Crippen LogP contribution in [0.1, 0.15) is 38.3 Å². The lowest BCUT2D eigenvalue weighted by atomic mass is 10.1. The number of guanidine groups is 1. The first-order valence-electron chi connectivity index (χ1n) is 8.87. The second-order valence-electron chi connectivity index (χ2n) is 6.58. The zero-order valence-corrected chi connectivity index (χ0v) is 19.9. The number of amides is 1. The van der Waals surface area contributed by atoms with E-state index < -0.39 is 15.7 Å². The Morgan fingerprint density at radius 3 is 2.46 bits per heavy atom. The molecule has 1 amide bonds. The van der Waals surface area contributed by atoms with Crippen molar-refractivity contribution >= 4 is 45.7 Å². The number of benzene rings is 1. The lowest BCUT2D eigenvalue weighted by Crippen LogP contribution is -2.40. The van der Waals surface area contributed by atoms with E-state index >= 15 is 0 Å². The molecule has 0 aromatic heterocycles. The van der Waals surface area contributed by atoms with Gasteiger partial charge in [0.1, 0.15) is 5.82 Å².